The van der Waals surface area contributed by atoms with Crippen molar-refractivity contribution in [2.45, 2.75) is 6.18 Å². The molecular formula is C18H11F3N4. The average Bonchev–Trinajstić information content (AvgIpc) is 3.10. The van der Waals surface area contributed by atoms with Crippen molar-refractivity contribution in [2.24, 2.45) is 0 Å². The number of fused-ring (bicyclic) bond motifs is 1. The summed E-state index contributed by atoms with van der Waals surface area (Å²) in [6, 6.07) is 13.1. The molecule has 0 bridgehead atoms. The summed E-state index contributed by atoms with van der Waals surface area (Å²) in [4.78, 5) is 15.1. The van der Waals surface area contributed by atoms with E-state index >= 15 is 0 Å². The summed E-state index contributed by atoms with van der Waals surface area (Å²) < 4.78 is 38.7. The van der Waals surface area contributed by atoms with Gasteiger partial charge in [-0.1, -0.05) is 18.2 Å². The van der Waals surface area contributed by atoms with E-state index in [2.05, 4.69) is 19.9 Å². The highest BCUT2D eigenvalue weighted by molar-refractivity contribution is 5.86. The molecule has 25 heavy (non-hydrogen) atoms. The van der Waals surface area contributed by atoms with Crippen LogP contribution in [0.4, 0.5) is 13.2 Å². The van der Waals surface area contributed by atoms with Crippen LogP contribution >= 0.6 is 0 Å². The van der Waals surface area contributed by atoms with Crippen LogP contribution in [0, 0.1) is 0 Å². The molecular weight excluding hydrogens is 329 g/mol. The highest BCUT2D eigenvalue weighted by atomic mass is 19.4. The van der Waals surface area contributed by atoms with Gasteiger partial charge in [0, 0.05) is 17.1 Å². The quantitative estimate of drug-likeness (QED) is 0.575. The normalized spacial score (nSPS) is 11.8. The van der Waals surface area contributed by atoms with Gasteiger partial charge in [0.1, 0.15) is 5.69 Å². The highest BCUT2D eigenvalue weighted by Crippen LogP contribution is 2.32. The van der Waals surface area contributed by atoms with Gasteiger partial charge in [0.2, 0.25) is 0 Å². The first-order chi connectivity index (χ1) is 12.0. The third-order valence-corrected chi connectivity index (χ3v) is 3.81. The molecule has 3 heterocycles. The minimum atomic E-state index is -4.50. The van der Waals surface area contributed by atoms with Crippen molar-refractivity contribution in [2.75, 3.05) is 0 Å². The number of benzene rings is 1. The second-order valence-corrected chi connectivity index (χ2v) is 5.44. The van der Waals surface area contributed by atoms with E-state index in [-0.39, 0.29) is 5.69 Å². The fraction of sp³-hybridized carbons (Fsp3) is 0.0556. The zero-order valence-electron chi connectivity index (χ0n) is 12.7. The molecule has 1 N–H and O–H groups in total. The van der Waals surface area contributed by atoms with Crippen molar-refractivity contribution in [3.63, 3.8) is 0 Å². The molecule has 0 aliphatic heterocycles. The number of halogens is 3. The molecule has 0 unspecified atom stereocenters. The van der Waals surface area contributed by atoms with E-state index in [4.69, 9.17) is 0 Å². The number of pyridine rings is 2. The molecule has 0 aliphatic rings. The first-order valence-corrected chi connectivity index (χ1v) is 7.45. The summed E-state index contributed by atoms with van der Waals surface area (Å²) in [5.41, 5.74) is 1.84. The number of rotatable bonds is 2. The Morgan fingerprint density at radius 1 is 0.920 bits per heavy atom. The Morgan fingerprint density at radius 3 is 2.64 bits per heavy atom. The molecule has 1 aromatic carbocycles. The van der Waals surface area contributed by atoms with Gasteiger partial charge in [-0.2, -0.15) is 13.2 Å². The fourth-order valence-corrected chi connectivity index (χ4v) is 2.66. The predicted octanol–water partition coefficient (Wildman–Crippen LogP) is 4.71. The summed E-state index contributed by atoms with van der Waals surface area (Å²) in [5.74, 6) is 0. The van der Waals surface area contributed by atoms with Gasteiger partial charge in [0.25, 0.3) is 0 Å². The smallest absolute Gasteiger partial charge is 0.343 e. The third-order valence-electron chi connectivity index (χ3n) is 3.81. The fourth-order valence-electron chi connectivity index (χ4n) is 2.66. The van der Waals surface area contributed by atoms with E-state index in [1.165, 1.54) is 18.5 Å². The third kappa shape index (κ3) is 2.84. The number of imidazole rings is 1. The van der Waals surface area contributed by atoms with Crippen LogP contribution in [0.2, 0.25) is 0 Å². The summed E-state index contributed by atoms with van der Waals surface area (Å²) in [6.45, 7) is 0. The molecule has 3 aromatic heterocycles. The van der Waals surface area contributed by atoms with Crippen LogP contribution in [0.25, 0.3) is 33.5 Å². The molecule has 0 radical (unpaired) electrons. The maximum absolute atomic E-state index is 12.9. The van der Waals surface area contributed by atoms with Gasteiger partial charge in [-0.15, -0.1) is 0 Å². The molecule has 0 amide bonds. The molecule has 7 heteroatoms. The lowest BCUT2D eigenvalue weighted by molar-refractivity contribution is -0.141. The van der Waals surface area contributed by atoms with Crippen molar-refractivity contribution in [3.8, 4) is 22.6 Å². The van der Waals surface area contributed by atoms with E-state index in [1.807, 2.05) is 30.3 Å². The van der Waals surface area contributed by atoms with E-state index in [0.717, 1.165) is 22.5 Å². The Bertz CT molecular complexity index is 1050. The number of nitrogens with zero attached hydrogens (tertiary/aromatic N) is 3. The van der Waals surface area contributed by atoms with Gasteiger partial charge in [-0.3, -0.25) is 4.98 Å². The van der Waals surface area contributed by atoms with Gasteiger partial charge >= 0.3 is 6.18 Å². The van der Waals surface area contributed by atoms with Crippen molar-refractivity contribution in [1.82, 2.24) is 19.9 Å². The summed E-state index contributed by atoms with van der Waals surface area (Å²) in [7, 11) is 0. The number of hydrogen-bond acceptors (Lipinski definition) is 3. The second-order valence-electron chi connectivity index (χ2n) is 5.44. The first kappa shape index (κ1) is 15.3. The van der Waals surface area contributed by atoms with Crippen LogP contribution in [0.3, 0.4) is 0 Å². The van der Waals surface area contributed by atoms with Crippen LogP contribution in [-0.2, 0) is 6.18 Å². The van der Waals surface area contributed by atoms with Gasteiger partial charge in [-0.05, 0) is 30.3 Å². The van der Waals surface area contributed by atoms with Crippen LogP contribution in [-0.4, -0.2) is 19.9 Å². The molecule has 4 rings (SSSR count). The maximum Gasteiger partial charge on any atom is 0.433 e. The molecule has 0 spiro atoms. The van der Waals surface area contributed by atoms with Crippen molar-refractivity contribution < 1.29 is 13.2 Å². The van der Waals surface area contributed by atoms with Crippen LogP contribution in [0.1, 0.15) is 5.69 Å². The second kappa shape index (κ2) is 5.70. The SMILES string of the molecule is FC(F)(F)c1cccc(-c2[nH]cnc2-c2ccc3ncccc3c2)n1. The van der Waals surface area contributed by atoms with E-state index in [1.54, 1.807) is 6.20 Å². The Hall–Kier alpha value is -3.22. The number of alkyl halides is 3. The van der Waals surface area contributed by atoms with Gasteiger partial charge in [-0.25, -0.2) is 9.97 Å². The Morgan fingerprint density at radius 2 is 1.80 bits per heavy atom. The van der Waals surface area contributed by atoms with Crippen LogP contribution in [0.15, 0.2) is 61.1 Å². The Labute approximate surface area is 140 Å². The van der Waals surface area contributed by atoms with E-state index in [9.17, 15) is 13.2 Å². The molecule has 0 atom stereocenters. The van der Waals surface area contributed by atoms with Gasteiger partial charge in [0.05, 0.1) is 28.9 Å². The number of aromatic amines is 1. The summed E-state index contributed by atoms with van der Waals surface area (Å²) >= 11 is 0. The summed E-state index contributed by atoms with van der Waals surface area (Å²) in [5, 5.41) is 0.922. The van der Waals surface area contributed by atoms with Crippen LogP contribution in [0.5, 0.6) is 0 Å². The van der Waals surface area contributed by atoms with Crippen molar-refractivity contribution in [3.05, 3.63) is 66.7 Å². The lowest BCUT2D eigenvalue weighted by Crippen LogP contribution is -2.08. The van der Waals surface area contributed by atoms with Gasteiger partial charge < -0.3 is 4.98 Å². The molecule has 124 valence electrons. The zero-order chi connectivity index (χ0) is 17.4. The topological polar surface area (TPSA) is 54.5 Å². The Balaban J connectivity index is 1.83. The highest BCUT2D eigenvalue weighted by Gasteiger charge is 2.32. The maximum atomic E-state index is 12.9. The molecule has 4 nitrogen and oxygen atoms in total. The first-order valence-electron chi connectivity index (χ1n) is 7.45. The number of hydrogen-bond donors (Lipinski definition) is 1. The number of aromatic nitrogens is 4. The monoisotopic (exact) mass is 340 g/mol. The largest absolute Gasteiger partial charge is 0.433 e. The van der Waals surface area contributed by atoms with Crippen molar-refractivity contribution >= 4 is 10.9 Å². The lowest BCUT2D eigenvalue weighted by atomic mass is 10.1. The molecule has 0 saturated heterocycles. The minimum absolute atomic E-state index is 0.189. The van der Waals surface area contributed by atoms with E-state index in [0.29, 0.717) is 11.4 Å². The minimum Gasteiger partial charge on any atom is -0.343 e. The van der Waals surface area contributed by atoms with Crippen molar-refractivity contribution in [1.29, 1.82) is 0 Å². The molecule has 0 aliphatic carbocycles. The number of nitrogens with one attached hydrogen (secondary N) is 1. The lowest BCUT2D eigenvalue weighted by Gasteiger charge is -2.08. The molecule has 4 aromatic rings. The van der Waals surface area contributed by atoms with E-state index < -0.39 is 11.9 Å². The summed E-state index contributed by atoms with van der Waals surface area (Å²) in [6.07, 6.45) is -1.35. The Kier molecular flexibility index (Phi) is 3.49. The number of H-pyrrole nitrogens is 1. The van der Waals surface area contributed by atoms with Gasteiger partial charge in [0.15, 0.2) is 0 Å². The average molecular weight is 340 g/mol. The molecule has 0 saturated carbocycles. The predicted molar refractivity (Wildman–Crippen MR) is 87.6 cm³/mol. The standard InChI is InChI=1S/C18H11F3N4/c19-18(20,21)15-5-1-4-14(25-15)17-16(23-10-24-17)12-6-7-13-11(9-12)3-2-8-22-13/h1-10H,(H,23,24). The molecule has 0 fully saturated rings. The zero-order valence-corrected chi connectivity index (χ0v) is 12.7. The van der Waals surface area contributed by atoms with Crippen LogP contribution < -0.4 is 0 Å².